The van der Waals surface area contributed by atoms with Crippen LogP contribution in [0.25, 0.3) is 0 Å². The van der Waals surface area contributed by atoms with Gasteiger partial charge in [-0.05, 0) is 47.7 Å². The van der Waals surface area contributed by atoms with Gasteiger partial charge in [0.15, 0.2) is 0 Å². The van der Waals surface area contributed by atoms with Crippen molar-refractivity contribution in [1.29, 1.82) is 0 Å². The number of hydrogen-bond acceptors (Lipinski definition) is 0. The molecule has 0 aliphatic heterocycles. The molecule has 0 unspecified atom stereocenters. The molecule has 0 bridgehead atoms. The van der Waals surface area contributed by atoms with E-state index in [0.29, 0.717) is 0 Å². The van der Waals surface area contributed by atoms with Crippen LogP contribution in [0.5, 0.6) is 0 Å². The second kappa shape index (κ2) is 15.4. The molecule has 6 aromatic carbocycles. The van der Waals surface area contributed by atoms with Gasteiger partial charge in [-0.15, -0.1) is 0 Å². The molecule has 0 heterocycles. The maximum atomic E-state index is 2.23. The molecule has 0 aromatic heterocycles. The smallest absolute Gasteiger partial charge is 1.00 e. The third-order valence-corrected chi connectivity index (χ3v) is 11.0. The maximum Gasteiger partial charge on any atom is 4.00 e. The Morgan fingerprint density at radius 1 is 0.231 bits per heavy atom. The van der Waals surface area contributed by atoms with Gasteiger partial charge in [-0.2, -0.15) is 0 Å². The largest absolute Gasteiger partial charge is 4.00 e. The summed E-state index contributed by atoms with van der Waals surface area (Å²) in [6.45, 7) is 0. The van der Waals surface area contributed by atoms with Gasteiger partial charge in [-0.25, -0.2) is 0 Å². The Balaban J connectivity index is 0.000000735. The fourth-order valence-corrected chi connectivity index (χ4v) is 8.97. The molecule has 6 rings (SSSR count). The molecule has 6 aromatic rings. The molecule has 3 heteroatoms. The van der Waals surface area contributed by atoms with Crippen LogP contribution in [0, 0.1) is 0 Å². The summed E-state index contributed by atoms with van der Waals surface area (Å²) >= 11 is 0. The van der Waals surface area contributed by atoms with E-state index in [2.05, 4.69) is 182 Å². The summed E-state index contributed by atoms with van der Waals surface area (Å²) in [5.41, 5.74) is 0. The van der Waals surface area contributed by atoms with E-state index in [9.17, 15) is 0 Å². The van der Waals surface area contributed by atoms with Gasteiger partial charge in [-0.3, -0.25) is 0 Å². The van der Waals surface area contributed by atoms with Crippen molar-refractivity contribution in [3.63, 3.8) is 0 Å². The van der Waals surface area contributed by atoms with Crippen LogP contribution in [0.4, 0.5) is 0 Å². The first kappa shape index (κ1) is 28.8. The van der Waals surface area contributed by atoms with Crippen molar-refractivity contribution in [1.82, 2.24) is 0 Å². The molecule has 0 N–H and O–H groups in total. The van der Waals surface area contributed by atoms with Crippen molar-refractivity contribution in [2.45, 2.75) is 0 Å². The van der Waals surface area contributed by atoms with Crippen LogP contribution < -0.4 is 31.8 Å². The third-order valence-electron chi connectivity index (χ3n) is 6.09. The molecule has 0 fully saturated rings. The molecular weight excluding hydrogens is 595 g/mol. The van der Waals surface area contributed by atoms with Crippen LogP contribution in [0.3, 0.4) is 0 Å². The summed E-state index contributed by atoms with van der Waals surface area (Å²) < 4.78 is 0. The van der Waals surface area contributed by atoms with E-state index in [1.165, 1.54) is 31.8 Å². The second-order valence-corrected chi connectivity index (χ2v) is 13.1. The van der Waals surface area contributed by atoms with Crippen LogP contribution >= 0.6 is 15.8 Å². The van der Waals surface area contributed by atoms with Crippen molar-refractivity contribution in [2.75, 3.05) is 0 Å². The van der Waals surface area contributed by atoms with Gasteiger partial charge in [0.1, 0.15) is 0 Å². The van der Waals surface area contributed by atoms with Gasteiger partial charge in [0.25, 0.3) is 0 Å². The van der Waals surface area contributed by atoms with Crippen LogP contribution in [-0.4, -0.2) is 0 Å². The van der Waals surface area contributed by atoms with Gasteiger partial charge in [0, 0.05) is 0 Å². The van der Waals surface area contributed by atoms with Crippen molar-refractivity contribution < 1.29 is 25.2 Å². The van der Waals surface area contributed by atoms with Gasteiger partial charge in [0.05, 0.1) is 0 Å². The van der Waals surface area contributed by atoms with Crippen molar-refractivity contribution in [2.24, 2.45) is 0 Å². The van der Waals surface area contributed by atoms with Gasteiger partial charge in [0.2, 0.25) is 0 Å². The van der Waals surface area contributed by atoms with Crippen LogP contribution in [-0.2, 0) is 19.5 Å². The normalized spacial score (nSPS) is 10.3. The summed E-state index contributed by atoms with van der Waals surface area (Å²) in [6.07, 6.45) is 0. The quantitative estimate of drug-likeness (QED) is 0.134. The predicted molar refractivity (Wildman–Crippen MR) is 175 cm³/mol. The first-order chi connectivity index (χ1) is 18.9. The molecule has 0 amide bonds. The van der Waals surface area contributed by atoms with Crippen molar-refractivity contribution in [3.8, 4) is 0 Å². The maximum absolute atomic E-state index is 2.23. The third kappa shape index (κ3) is 7.91. The molecule has 39 heavy (non-hydrogen) atoms. The summed E-state index contributed by atoms with van der Waals surface area (Å²) in [7, 11) is -0.892. The van der Waals surface area contributed by atoms with E-state index in [0.717, 1.165) is 0 Å². The van der Waals surface area contributed by atoms with Crippen molar-refractivity contribution >= 4 is 47.7 Å². The number of rotatable bonds is 6. The van der Waals surface area contributed by atoms with Crippen molar-refractivity contribution in [3.05, 3.63) is 182 Å². The molecule has 0 aliphatic carbocycles. The molecule has 196 valence electrons. The number of benzene rings is 6. The summed E-state index contributed by atoms with van der Waals surface area (Å²) in [5.74, 6) is 0. The average Bonchev–Trinajstić information content (AvgIpc) is 3.01. The fourth-order valence-electron chi connectivity index (χ4n) is 4.36. The van der Waals surface area contributed by atoms with E-state index in [1.54, 1.807) is 0 Å². The summed E-state index contributed by atoms with van der Waals surface area (Å²) in [5, 5.41) is 8.39. The van der Waals surface area contributed by atoms with E-state index in [-0.39, 0.29) is 25.2 Å². The van der Waals surface area contributed by atoms with E-state index >= 15 is 0 Å². The zero-order valence-corrected chi connectivity index (χ0v) is 25.1. The predicted octanol–water partition coefficient (Wildman–Crippen LogP) is 7.34. The monoisotopic (exact) mass is 630 g/mol. The Kier molecular flexibility index (Phi) is 11.4. The topological polar surface area (TPSA) is 0 Å². The molecule has 0 saturated carbocycles. The van der Waals surface area contributed by atoms with Crippen LogP contribution in [0.2, 0.25) is 0 Å². The minimum Gasteiger partial charge on any atom is -1.00 e. The Labute approximate surface area is 254 Å². The molecule has 0 atom stereocenters. The summed E-state index contributed by atoms with van der Waals surface area (Å²) in [6, 6.07) is 64.7. The summed E-state index contributed by atoms with van der Waals surface area (Å²) in [4.78, 5) is 0. The molecule has 0 spiro atoms. The van der Waals surface area contributed by atoms with Gasteiger partial charge in [-0.1, -0.05) is 182 Å². The zero-order chi connectivity index (χ0) is 25.8. The molecule has 0 aliphatic rings. The minimum atomic E-state index is -0.446. The van der Waals surface area contributed by atoms with E-state index < -0.39 is 15.8 Å². The molecule has 0 radical (unpaired) electrons. The first-order valence-corrected chi connectivity index (χ1v) is 15.5. The molecule has 0 nitrogen and oxygen atoms in total. The first-order valence-electron chi connectivity index (χ1n) is 12.8. The van der Waals surface area contributed by atoms with Gasteiger partial charge >= 0.3 is 19.5 Å². The average molecular weight is 630 g/mol. The van der Waals surface area contributed by atoms with Gasteiger partial charge < -0.3 is 5.71 Å². The number of hydrogen-bond donors (Lipinski definition) is 0. The second-order valence-electron chi connectivity index (χ2n) is 8.68. The molecule has 0 saturated heterocycles. The Hall–Kier alpha value is -3.20. The molecular formula is C36H34P2Ru. The Bertz CT molecular complexity index is 1190. The van der Waals surface area contributed by atoms with E-state index in [1.807, 2.05) is 0 Å². The van der Waals surface area contributed by atoms with E-state index in [4.69, 9.17) is 0 Å². The standard InChI is InChI=1S/2C18H15P.Ru.4H/c2*1-4-10-16(11-5-1)19(17-12-6-2-7-13-17)18-14-8-3-9-15-18;;;;;/h2*1-15H;;;;;/q;;+4;4*-1. The van der Waals surface area contributed by atoms with Crippen LogP contribution in [0.15, 0.2) is 182 Å². The zero-order valence-electron chi connectivity index (χ0n) is 25.6. The fraction of sp³-hybridized carbons (Fsp3) is 0. The minimum absolute atomic E-state index is 0. The Morgan fingerprint density at radius 3 is 0.487 bits per heavy atom. The Morgan fingerprint density at radius 2 is 0.359 bits per heavy atom. The van der Waals surface area contributed by atoms with Crippen LogP contribution in [0.1, 0.15) is 5.71 Å². The SMILES string of the molecule is [H-].[H-].[H-].[H-].[Ru+4].c1ccc(P(c2ccccc2)c2ccccc2)cc1.c1ccc(P(c2ccccc2)c2ccccc2)cc1.